The van der Waals surface area contributed by atoms with Crippen molar-refractivity contribution in [1.29, 1.82) is 0 Å². The minimum atomic E-state index is -0.697. The summed E-state index contributed by atoms with van der Waals surface area (Å²) in [5, 5.41) is 3.65. The number of rotatable bonds is 3. The Balaban J connectivity index is 2.73. The van der Waals surface area contributed by atoms with E-state index in [1.807, 2.05) is 0 Å². The number of hydrogen-bond acceptors (Lipinski definition) is 5. The highest BCUT2D eigenvalue weighted by molar-refractivity contribution is 5.75. The highest BCUT2D eigenvalue weighted by Crippen LogP contribution is 2.12. The van der Waals surface area contributed by atoms with E-state index in [1.54, 1.807) is 6.08 Å². The molecule has 1 heterocycles. The van der Waals surface area contributed by atoms with Crippen LogP contribution in [-0.4, -0.2) is 37.8 Å². The number of nitrogens with zero attached hydrogens (tertiary/aromatic N) is 2. The molecule has 0 saturated carbocycles. The van der Waals surface area contributed by atoms with Crippen molar-refractivity contribution < 1.29 is 14.4 Å². The largest absolute Gasteiger partial charge is 0.481 e. The van der Waals surface area contributed by atoms with E-state index in [0.29, 0.717) is 5.88 Å². The zero-order valence-electron chi connectivity index (χ0n) is 7.93. The third-order valence-electron chi connectivity index (χ3n) is 1.56. The summed E-state index contributed by atoms with van der Waals surface area (Å²) in [5.74, 6) is 0.432. The van der Waals surface area contributed by atoms with Gasteiger partial charge >= 0.3 is 6.03 Å². The number of methoxy groups -OCH3 is 1. The van der Waals surface area contributed by atoms with Gasteiger partial charge in [-0.25, -0.2) is 9.79 Å². The van der Waals surface area contributed by atoms with Gasteiger partial charge in [-0.2, -0.15) is 5.06 Å². The lowest BCUT2D eigenvalue weighted by Crippen LogP contribution is -2.49. The zero-order chi connectivity index (χ0) is 10.6. The molecule has 14 heavy (non-hydrogen) atoms. The Kier molecular flexibility index (Phi) is 3.29. The number of hydrogen-bond donors (Lipinski definition) is 2. The normalized spacial score (nSPS) is 20.3. The average molecular weight is 200 g/mol. The van der Waals surface area contributed by atoms with Crippen molar-refractivity contribution in [2.75, 3.05) is 14.2 Å². The van der Waals surface area contributed by atoms with Gasteiger partial charge in [0.05, 0.1) is 14.2 Å². The minimum Gasteiger partial charge on any atom is -0.481 e. The third kappa shape index (κ3) is 2.13. The molecule has 0 aromatic rings. The van der Waals surface area contributed by atoms with Crippen LogP contribution in [0.25, 0.3) is 0 Å². The van der Waals surface area contributed by atoms with Gasteiger partial charge in [0.25, 0.3) is 0 Å². The molecular formula is C7H12N4O3. The van der Waals surface area contributed by atoms with Crippen molar-refractivity contribution in [2.24, 2.45) is 10.7 Å². The molecule has 1 unspecified atom stereocenters. The monoisotopic (exact) mass is 200 g/mol. The van der Waals surface area contributed by atoms with Gasteiger partial charge in [0, 0.05) is 12.3 Å². The molecule has 0 fully saturated rings. The van der Waals surface area contributed by atoms with Crippen LogP contribution in [0.3, 0.4) is 0 Å². The van der Waals surface area contributed by atoms with Crippen LogP contribution >= 0.6 is 0 Å². The molecule has 0 spiro atoms. The van der Waals surface area contributed by atoms with E-state index in [-0.39, 0.29) is 0 Å². The molecule has 0 aromatic carbocycles. The van der Waals surface area contributed by atoms with Crippen molar-refractivity contribution in [3.05, 3.63) is 12.0 Å². The lowest BCUT2D eigenvalue weighted by atomic mass is 10.5. The summed E-state index contributed by atoms with van der Waals surface area (Å²) in [7, 11) is 2.92. The van der Waals surface area contributed by atoms with Crippen LogP contribution in [0.4, 0.5) is 4.79 Å². The Morgan fingerprint density at radius 1 is 1.71 bits per heavy atom. The number of ether oxygens (including phenoxy) is 1. The number of aliphatic imine (C=N–C) groups is 1. The number of amides is 2. The molecule has 2 amide bonds. The summed E-state index contributed by atoms with van der Waals surface area (Å²) in [6, 6.07) is -0.688. The van der Waals surface area contributed by atoms with Gasteiger partial charge in [0.15, 0.2) is 0 Å². The van der Waals surface area contributed by atoms with Crippen molar-refractivity contribution in [3.63, 3.8) is 0 Å². The second-order valence-corrected chi connectivity index (χ2v) is 2.40. The van der Waals surface area contributed by atoms with E-state index in [9.17, 15) is 4.79 Å². The molecule has 0 bridgehead atoms. The van der Waals surface area contributed by atoms with Crippen molar-refractivity contribution in [2.45, 2.75) is 6.29 Å². The Hall–Kier alpha value is -1.76. The molecule has 0 aromatic heterocycles. The molecule has 1 atom stereocenters. The fourth-order valence-corrected chi connectivity index (χ4v) is 1.01. The van der Waals surface area contributed by atoms with E-state index in [1.165, 1.54) is 25.5 Å². The van der Waals surface area contributed by atoms with Crippen LogP contribution in [0.2, 0.25) is 0 Å². The Morgan fingerprint density at radius 2 is 2.43 bits per heavy atom. The second-order valence-electron chi connectivity index (χ2n) is 2.40. The van der Waals surface area contributed by atoms with Crippen molar-refractivity contribution >= 4 is 12.2 Å². The van der Waals surface area contributed by atoms with Crippen molar-refractivity contribution in [1.82, 2.24) is 10.4 Å². The summed E-state index contributed by atoms with van der Waals surface area (Å²) in [4.78, 5) is 19.5. The van der Waals surface area contributed by atoms with E-state index < -0.39 is 12.3 Å². The number of primary amides is 1. The van der Waals surface area contributed by atoms with E-state index >= 15 is 0 Å². The Labute approximate surface area is 81.1 Å². The standard InChI is InChI=1S/C7H12N4O3/c1-13-5-3-4-9-7(10-6(8)12)11(5)14-2/h3-4,7H,1-2H3,(H3,8,10,12). The van der Waals surface area contributed by atoms with Gasteiger partial charge in [0.1, 0.15) is 0 Å². The molecule has 3 N–H and O–H groups in total. The molecule has 1 aliphatic rings. The SMILES string of the molecule is COC1=CC=NC(NC(N)=O)N1OC. The lowest BCUT2D eigenvalue weighted by Gasteiger charge is -2.30. The summed E-state index contributed by atoms with van der Waals surface area (Å²) in [6.07, 6.45) is 2.40. The van der Waals surface area contributed by atoms with Gasteiger partial charge in [-0.15, -0.1) is 0 Å². The number of nitrogens with two attached hydrogens (primary N) is 1. The minimum absolute atomic E-state index is 0.432. The third-order valence-corrected chi connectivity index (χ3v) is 1.56. The quantitative estimate of drug-likeness (QED) is 0.635. The van der Waals surface area contributed by atoms with E-state index in [2.05, 4.69) is 10.3 Å². The topological polar surface area (TPSA) is 89.2 Å². The van der Waals surface area contributed by atoms with Crippen LogP contribution < -0.4 is 11.1 Å². The van der Waals surface area contributed by atoms with Crippen LogP contribution in [0, 0.1) is 0 Å². The molecule has 7 heteroatoms. The summed E-state index contributed by atoms with van der Waals surface area (Å²) >= 11 is 0. The van der Waals surface area contributed by atoms with Crippen LogP contribution in [-0.2, 0) is 9.57 Å². The molecule has 7 nitrogen and oxygen atoms in total. The first-order valence-electron chi connectivity index (χ1n) is 3.85. The van der Waals surface area contributed by atoms with Crippen LogP contribution in [0.5, 0.6) is 0 Å². The van der Waals surface area contributed by atoms with Gasteiger partial charge in [-0.3, -0.25) is 10.2 Å². The molecule has 1 aliphatic heterocycles. The van der Waals surface area contributed by atoms with Gasteiger partial charge in [0.2, 0.25) is 12.2 Å². The van der Waals surface area contributed by atoms with Crippen LogP contribution in [0.1, 0.15) is 0 Å². The maximum absolute atomic E-state index is 10.6. The number of urea groups is 1. The number of allylic oxidation sites excluding steroid dienone is 1. The smallest absolute Gasteiger partial charge is 0.315 e. The first-order chi connectivity index (χ1) is 6.69. The molecule has 0 saturated heterocycles. The predicted octanol–water partition coefficient (Wildman–Crippen LogP) is -0.626. The predicted molar refractivity (Wildman–Crippen MR) is 48.9 cm³/mol. The lowest BCUT2D eigenvalue weighted by molar-refractivity contribution is -0.167. The summed E-state index contributed by atoms with van der Waals surface area (Å²) < 4.78 is 4.99. The molecule has 0 radical (unpaired) electrons. The average Bonchev–Trinajstić information content (AvgIpc) is 2.16. The molecular weight excluding hydrogens is 188 g/mol. The van der Waals surface area contributed by atoms with Crippen LogP contribution in [0.15, 0.2) is 17.0 Å². The highest BCUT2D eigenvalue weighted by atomic mass is 16.7. The number of nitrogens with one attached hydrogen (secondary N) is 1. The molecule has 0 aliphatic carbocycles. The first-order valence-corrected chi connectivity index (χ1v) is 3.85. The molecule has 1 rings (SSSR count). The van der Waals surface area contributed by atoms with Gasteiger partial charge in [-0.05, 0) is 0 Å². The maximum atomic E-state index is 10.6. The molecule has 78 valence electrons. The fourth-order valence-electron chi connectivity index (χ4n) is 1.01. The number of carbonyl (C=O) groups is 1. The summed E-state index contributed by atoms with van der Waals surface area (Å²) in [6.45, 7) is 0. The van der Waals surface area contributed by atoms with Gasteiger partial charge in [-0.1, -0.05) is 0 Å². The van der Waals surface area contributed by atoms with E-state index in [0.717, 1.165) is 0 Å². The Morgan fingerprint density at radius 3 is 2.93 bits per heavy atom. The van der Waals surface area contributed by atoms with Gasteiger partial charge < -0.3 is 10.5 Å². The number of hydroxylamine groups is 2. The maximum Gasteiger partial charge on any atom is 0.315 e. The highest BCUT2D eigenvalue weighted by Gasteiger charge is 2.23. The summed E-state index contributed by atoms with van der Waals surface area (Å²) in [5.41, 5.74) is 4.96. The van der Waals surface area contributed by atoms with E-state index in [4.69, 9.17) is 15.3 Å². The first kappa shape index (κ1) is 10.3. The fraction of sp³-hybridized carbons (Fsp3) is 0.429. The Bertz CT molecular complexity index is 276. The zero-order valence-corrected chi connectivity index (χ0v) is 7.93. The number of carbonyl (C=O) groups excluding carboxylic acids is 1. The second kappa shape index (κ2) is 4.47. The van der Waals surface area contributed by atoms with Crippen molar-refractivity contribution in [3.8, 4) is 0 Å².